The van der Waals surface area contributed by atoms with Crippen molar-refractivity contribution in [1.29, 1.82) is 0 Å². The first-order valence-electron chi connectivity index (χ1n) is 9.51. The highest BCUT2D eigenvalue weighted by molar-refractivity contribution is 7.92. The second-order valence-electron chi connectivity index (χ2n) is 7.18. The average Bonchev–Trinajstić information content (AvgIpc) is 3.44. The molecule has 3 heterocycles. The molecule has 158 valence electrons. The second kappa shape index (κ2) is 8.19. The van der Waals surface area contributed by atoms with Crippen LogP contribution >= 0.6 is 11.3 Å². The Morgan fingerprint density at radius 1 is 1.23 bits per heavy atom. The minimum absolute atomic E-state index is 0.0175. The molecule has 0 radical (unpaired) electrons. The Balaban J connectivity index is 1.67. The Kier molecular flexibility index (Phi) is 5.61. The third kappa shape index (κ3) is 4.39. The van der Waals surface area contributed by atoms with Crippen molar-refractivity contribution in [2.75, 3.05) is 17.8 Å². The van der Waals surface area contributed by atoms with Crippen molar-refractivity contribution in [2.45, 2.75) is 31.2 Å². The molecule has 0 bridgehead atoms. The summed E-state index contributed by atoms with van der Waals surface area (Å²) in [6.45, 7) is 3.35. The lowest BCUT2D eigenvalue weighted by atomic mass is 10.3. The number of halogens is 1. The number of benzene rings is 1. The van der Waals surface area contributed by atoms with E-state index in [2.05, 4.69) is 9.71 Å². The molecule has 1 amide bonds. The van der Waals surface area contributed by atoms with E-state index in [1.165, 1.54) is 47.9 Å². The fourth-order valence-electron chi connectivity index (χ4n) is 3.36. The van der Waals surface area contributed by atoms with E-state index >= 15 is 0 Å². The summed E-state index contributed by atoms with van der Waals surface area (Å²) in [5, 5.41) is 2.52. The summed E-state index contributed by atoms with van der Waals surface area (Å²) in [5.41, 5.74) is 1.64. The summed E-state index contributed by atoms with van der Waals surface area (Å²) in [5.74, 6) is -0.501. The molecule has 2 aromatic heterocycles. The number of rotatable bonds is 6. The van der Waals surface area contributed by atoms with Crippen LogP contribution in [0.5, 0.6) is 0 Å². The molecule has 0 saturated carbocycles. The van der Waals surface area contributed by atoms with Gasteiger partial charge in [0.15, 0.2) is 0 Å². The first-order valence-corrected chi connectivity index (χ1v) is 11.9. The van der Waals surface area contributed by atoms with Crippen LogP contribution in [0.1, 0.15) is 18.5 Å². The number of carbonyl (C=O) groups is 1. The molecule has 30 heavy (non-hydrogen) atoms. The van der Waals surface area contributed by atoms with Crippen molar-refractivity contribution >= 4 is 33.0 Å². The highest BCUT2D eigenvalue weighted by Crippen LogP contribution is 2.29. The number of amides is 1. The number of thiazole rings is 1. The van der Waals surface area contributed by atoms with Crippen molar-refractivity contribution in [3.63, 3.8) is 0 Å². The number of nitrogens with zero attached hydrogens (tertiary/aromatic N) is 3. The number of aryl methyl sites for hydroxylation is 1. The number of sulfonamides is 1. The lowest BCUT2D eigenvalue weighted by Crippen LogP contribution is -2.31. The number of nitrogens with one attached hydrogen (secondary N) is 1. The molecular formula is C20H21FN4O3S2. The molecule has 0 aliphatic carbocycles. The van der Waals surface area contributed by atoms with E-state index in [4.69, 9.17) is 0 Å². The Bertz CT molecular complexity index is 1160. The van der Waals surface area contributed by atoms with Crippen LogP contribution in [0.15, 0.2) is 46.8 Å². The summed E-state index contributed by atoms with van der Waals surface area (Å²) in [4.78, 5) is 18.9. The van der Waals surface area contributed by atoms with Gasteiger partial charge in [0.25, 0.3) is 10.0 Å². The van der Waals surface area contributed by atoms with Crippen LogP contribution in [0.3, 0.4) is 0 Å². The lowest BCUT2D eigenvalue weighted by molar-refractivity contribution is -0.130. The van der Waals surface area contributed by atoms with Gasteiger partial charge in [0.2, 0.25) is 5.91 Å². The van der Waals surface area contributed by atoms with E-state index in [1.54, 1.807) is 9.47 Å². The standard InChI is InChI=1S/C20H21FN4O3S2/c1-14-13-29-20(22-14)18-10-17(11-25(18)12-19(26)24-8-2-3-9-24)30(27,28)23-16-6-4-15(21)5-7-16/h4-7,10-11,13,23H,2-3,8-9,12H2,1H3. The zero-order valence-electron chi connectivity index (χ0n) is 16.3. The third-order valence-corrected chi connectivity index (χ3v) is 7.21. The molecule has 1 fully saturated rings. The van der Waals surface area contributed by atoms with Crippen molar-refractivity contribution in [3.05, 3.63) is 53.4 Å². The van der Waals surface area contributed by atoms with E-state index in [0.29, 0.717) is 10.7 Å². The molecule has 10 heteroatoms. The highest BCUT2D eigenvalue weighted by atomic mass is 32.2. The van der Waals surface area contributed by atoms with Crippen LogP contribution < -0.4 is 4.72 Å². The Labute approximate surface area is 178 Å². The van der Waals surface area contributed by atoms with Gasteiger partial charge in [-0.3, -0.25) is 9.52 Å². The molecule has 7 nitrogen and oxygen atoms in total. The van der Waals surface area contributed by atoms with Crippen LogP contribution in [0, 0.1) is 12.7 Å². The van der Waals surface area contributed by atoms with Crippen LogP contribution in [0.4, 0.5) is 10.1 Å². The van der Waals surface area contributed by atoms with Gasteiger partial charge in [-0.2, -0.15) is 0 Å². The molecule has 4 rings (SSSR count). The number of hydrogen-bond acceptors (Lipinski definition) is 5. The quantitative estimate of drug-likeness (QED) is 0.626. The normalized spacial score (nSPS) is 14.3. The zero-order valence-corrected chi connectivity index (χ0v) is 18.0. The Morgan fingerprint density at radius 3 is 2.57 bits per heavy atom. The van der Waals surface area contributed by atoms with E-state index < -0.39 is 15.8 Å². The van der Waals surface area contributed by atoms with E-state index in [9.17, 15) is 17.6 Å². The summed E-state index contributed by atoms with van der Waals surface area (Å²) in [6.07, 6.45) is 3.42. The number of hydrogen-bond donors (Lipinski definition) is 1. The summed E-state index contributed by atoms with van der Waals surface area (Å²) in [6, 6.07) is 6.59. The van der Waals surface area contributed by atoms with Gasteiger partial charge in [-0.15, -0.1) is 11.3 Å². The molecule has 0 spiro atoms. The molecule has 1 saturated heterocycles. The lowest BCUT2D eigenvalue weighted by Gasteiger charge is -2.16. The van der Waals surface area contributed by atoms with Crippen LogP contribution in [-0.4, -0.2) is 41.9 Å². The Morgan fingerprint density at radius 2 is 1.93 bits per heavy atom. The monoisotopic (exact) mass is 448 g/mol. The van der Waals surface area contributed by atoms with Crippen molar-refractivity contribution in [2.24, 2.45) is 0 Å². The number of aromatic nitrogens is 2. The smallest absolute Gasteiger partial charge is 0.263 e. The fourth-order valence-corrected chi connectivity index (χ4v) is 5.28. The fraction of sp³-hybridized carbons (Fsp3) is 0.300. The van der Waals surface area contributed by atoms with Gasteiger partial charge < -0.3 is 9.47 Å². The Hall–Kier alpha value is -2.72. The van der Waals surface area contributed by atoms with Gasteiger partial charge in [-0.05, 0) is 50.1 Å². The van der Waals surface area contributed by atoms with Gasteiger partial charge in [0.1, 0.15) is 22.3 Å². The van der Waals surface area contributed by atoms with Crippen molar-refractivity contribution in [3.8, 4) is 10.7 Å². The van der Waals surface area contributed by atoms with Gasteiger partial charge in [0, 0.05) is 36.0 Å². The van der Waals surface area contributed by atoms with Crippen molar-refractivity contribution in [1.82, 2.24) is 14.5 Å². The second-order valence-corrected chi connectivity index (χ2v) is 9.72. The molecule has 1 aliphatic heterocycles. The van der Waals surface area contributed by atoms with Gasteiger partial charge in [-0.25, -0.2) is 17.8 Å². The van der Waals surface area contributed by atoms with E-state index in [-0.39, 0.29) is 23.0 Å². The first-order chi connectivity index (χ1) is 14.3. The molecule has 1 N–H and O–H groups in total. The summed E-state index contributed by atoms with van der Waals surface area (Å²) >= 11 is 1.39. The summed E-state index contributed by atoms with van der Waals surface area (Å²) < 4.78 is 43.0. The average molecular weight is 449 g/mol. The summed E-state index contributed by atoms with van der Waals surface area (Å²) in [7, 11) is -3.93. The molecule has 0 atom stereocenters. The number of carbonyl (C=O) groups excluding carboxylic acids is 1. The van der Waals surface area contributed by atoms with Gasteiger partial charge in [0.05, 0.1) is 5.69 Å². The van der Waals surface area contributed by atoms with Crippen LogP contribution in [0.2, 0.25) is 0 Å². The third-order valence-electron chi connectivity index (χ3n) is 4.88. The predicted octanol–water partition coefficient (Wildman–Crippen LogP) is 3.48. The molecule has 1 aromatic carbocycles. The maximum absolute atomic E-state index is 13.1. The SMILES string of the molecule is Cc1csc(-c2cc(S(=O)(=O)Nc3ccc(F)cc3)cn2CC(=O)N2CCCC2)n1. The number of likely N-dealkylation sites (tertiary alicyclic amines) is 1. The van der Waals surface area contributed by atoms with E-state index in [0.717, 1.165) is 31.6 Å². The topological polar surface area (TPSA) is 84.3 Å². The number of anilines is 1. The maximum Gasteiger partial charge on any atom is 0.263 e. The molecule has 1 aliphatic rings. The van der Waals surface area contributed by atoms with Crippen molar-refractivity contribution < 1.29 is 17.6 Å². The van der Waals surface area contributed by atoms with Gasteiger partial charge in [-0.1, -0.05) is 0 Å². The highest BCUT2D eigenvalue weighted by Gasteiger charge is 2.24. The van der Waals surface area contributed by atoms with Crippen LogP contribution in [0.25, 0.3) is 10.7 Å². The molecular weight excluding hydrogens is 427 g/mol. The van der Waals surface area contributed by atoms with E-state index in [1.807, 2.05) is 12.3 Å². The first kappa shape index (κ1) is 20.5. The minimum Gasteiger partial charge on any atom is -0.341 e. The largest absolute Gasteiger partial charge is 0.341 e. The predicted molar refractivity (Wildman–Crippen MR) is 113 cm³/mol. The zero-order chi connectivity index (χ0) is 21.3. The van der Waals surface area contributed by atoms with Crippen LogP contribution in [-0.2, 0) is 21.4 Å². The maximum atomic E-state index is 13.1. The molecule has 0 unspecified atom stereocenters. The molecule has 3 aromatic rings. The van der Waals surface area contributed by atoms with Gasteiger partial charge >= 0.3 is 0 Å². The minimum atomic E-state index is -3.93.